The van der Waals surface area contributed by atoms with Crippen LogP contribution in [-0.4, -0.2) is 39.9 Å². The average molecular weight is 343 g/mol. The van der Waals surface area contributed by atoms with E-state index in [2.05, 4.69) is 11.9 Å². The summed E-state index contributed by atoms with van der Waals surface area (Å²) < 4.78 is 0. The summed E-state index contributed by atoms with van der Waals surface area (Å²) in [6.45, 7) is 3.57. The van der Waals surface area contributed by atoms with Gasteiger partial charge in [0.25, 0.3) is 5.91 Å². The lowest BCUT2D eigenvalue weighted by Crippen LogP contribution is -2.71. The fourth-order valence-electron chi connectivity index (χ4n) is 2.79. The summed E-state index contributed by atoms with van der Waals surface area (Å²) in [6, 6.07) is 8.48. The molecule has 0 unspecified atom stereocenters. The number of β-lactam (4-membered cyclic amide) rings is 1. The van der Waals surface area contributed by atoms with Gasteiger partial charge in [0.15, 0.2) is 0 Å². The first-order valence-electron chi connectivity index (χ1n) is 7.38. The number of carboxylic acids is 1. The van der Waals surface area contributed by atoms with E-state index in [4.69, 9.17) is 0 Å². The van der Waals surface area contributed by atoms with Gasteiger partial charge in [0.05, 0.1) is 18.1 Å². The lowest BCUT2D eigenvalue weighted by Gasteiger charge is -2.50. The van der Waals surface area contributed by atoms with Crippen LogP contribution in [0.15, 0.2) is 54.3 Å². The number of allylic oxidation sites excluding steroid dienone is 1. The van der Waals surface area contributed by atoms with Gasteiger partial charge in [-0.15, -0.1) is 11.8 Å². The fourth-order valence-corrected chi connectivity index (χ4v) is 4.13. The van der Waals surface area contributed by atoms with Crippen molar-refractivity contribution in [3.05, 3.63) is 59.8 Å². The number of carbonyl (C=O) groups is 3. The molecule has 0 aromatic heterocycles. The van der Waals surface area contributed by atoms with E-state index < -0.39 is 23.3 Å². The number of hydrogen-bond donors (Lipinski definition) is 1. The van der Waals surface area contributed by atoms with Crippen LogP contribution in [0.1, 0.15) is 5.56 Å². The quantitative estimate of drug-likeness (QED) is 0.749. The largest absolute Gasteiger partial charge is 0.543 e. The maximum Gasteiger partial charge on any atom is 0.253 e. The van der Waals surface area contributed by atoms with E-state index >= 15 is 0 Å². The van der Waals surface area contributed by atoms with Crippen molar-refractivity contribution < 1.29 is 19.5 Å². The van der Waals surface area contributed by atoms with Gasteiger partial charge in [0.2, 0.25) is 5.91 Å². The topological polar surface area (TPSA) is 89.5 Å². The minimum Gasteiger partial charge on any atom is -0.543 e. The summed E-state index contributed by atoms with van der Waals surface area (Å²) in [5.41, 5.74) is 1.16. The summed E-state index contributed by atoms with van der Waals surface area (Å²) >= 11 is 1.40. The number of hydrogen-bond acceptors (Lipinski definition) is 5. The number of nitrogens with zero attached hydrogens (tertiary/aromatic N) is 1. The molecule has 1 aromatic carbocycles. The summed E-state index contributed by atoms with van der Waals surface area (Å²) in [5.74, 6) is -1.70. The molecule has 0 aliphatic carbocycles. The molecule has 2 heterocycles. The third-order valence-corrected chi connectivity index (χ3v) is 5.26. The number of rotatable bonds is 5. The van der Waals surface area contributed by atoms with Crippen LogP contribution >= 0.6 is 11.8 Å². The summed E-state index contributed by atoms with van der Waals surface area (Å²) in [6.07, 6.45) is 1.59. The third kappa shape index (κ3) is 2.82. The highest BCUT2D eigenvalue weighted by atomic mass is 32.2. The molecular formula is C17H15N2O4S-. The Morgan fingerprint density at radius 1 is 1.38 bits per heavy atom. The minimum atomic E-state index is -1.40. The molecule has 124 valence electrons. The fraction of sp³-hybridized carbons (Fsp3) is 0.235. The Morgan fingerprint density at radius 2 is 2.08 bits per heavy atom. The maximum atomic E-state index is 12.3. The zero-order valence-electron chi connectivity index (χ0n) is 12.7. The number of carboxylic acid groups (broad SMARTS) is 1. The molecule has 1 fully saturated rings. The first-order chi connectivity index (χ1) is 11.5. The zero-order valence-corrected chi connectivity index (χ0v) is 13.5. The smallest absolute Gasteiger partial charge is 0.253 e. The zero-order chi connectivity index (χ0) is 17.3. The van der Waals surface area contributed by atoms with Crippen LogP contribution in [0.2, 0.25) is 0 Å². The van der Waals surface area contributed by atoms with E-state index in [1.54, 1.807) is 0 Å². The molecule has 0 spiro atoms. The molecule has 2 atom stereocenters. The Labute approximate surface area is 143 Å². The van der Waals surface area contributed by atoms with Gasteiger partial charge in [0.1, 0.15) is 11.4 Å². The molecule has 0 bridgehead atoms. The Hall–Kier alpha value is -2.54. The predicted octanol–water partition coefficient (Wildman–Crippen LogP) is -0.181. The highest BCUT2D eigenvalue weighted by molar-refractivity contribution is 8.00. The molecule has 2 aliphatic rings. The van der Waals surface area contributed by atoms with Crippen LogP contribution in [0.3, 0.4) is 0 Å². The van der Waals surface area contributed by atoms with Crippen molar-refractivity contribution in [3.8, 4) is 0 Å². The average Bonchev–Trinajstić information content (AvgIpc) is 2.58. The highest BCUT2D eigenvalue weighted by Gasteiger charge is 2.52. The van der Waals surface area contributed by atoms with E-state index in [1.807, 2.05) is 30.3 Å². The second-order valence-electron chi connectivity index (χ2n) is 5.48. The van der Waals surface area contributed by atoms with Crippen LogP contribution in [0, 0.1) is 0 Å². The number of amides is 2. The van der Waals surface area contributed by atoms with Crippen molar-refractivity contribution in [2.75, 3.05) is 5.75 Å². The molecule has 1 aromatic rings. The molecular weight excluding hydrogens is 328 g/mol. The second-order valence-corrected chi connectivity index (χ2v) is 6.59. The van der Waals surface area contributed by atoms with Gasteiger partial charge in [-0.2, -0.15) is 0 Å². The monoisotopic (exact) mass is 343 g/mol. The molecule has 0 radical (unpaired) electrons. The normalized spacial score (nSPS) is 22.5. The second kappa shape index (κ2) is 6.52. The van der Waals surface area contributed by atoms with Crippen LogP contribution in [0.25, 0.3) is 0 Å². The lowest BCUT2D eigenvalue weighted by atomic mass is 10.0. The van der Waals surface area contributed by atoms with Crippen molar-refractivity contribution in [3.63, 3.8) is 0 Å². The van der Waals surface area contributed by atoms with Gasteiger partial charge in [-0.1, -0.05) is 43.0 Å². The molecule has 1 saturated heterocycles. The Bertz CT molecular complexity index is 744. The SMILES string of the molecule is C=CC1=C(C(=O)[O-])N2C(=O)[C@@H](NC(=O)Cc3ccccc3)[C@@H]2SC1. The molecule has 7 heteroatoms. The molecule has 2 amide bonds. The maximum absolute atomic E-state index is 12.3. The van der Waals surface area contributed by atoms with E-state index in [0.29, 0.717) is 11.3 Å². The molecule has 2 aliphatic heterocycles. The Balaban J connectivity index is 1.70. The molecule has 1 N–H and O–H groups in total. The van der Waals surface area contributed by atoms with E-state index in [0.717, 1.165) is 5.56 Å². The highest BCUT2D eigenvalue weighted by Crippen LogP contribution is 2.40. The first-order valence-corrected chi connectivity index (χ1v) is 8.42. The molecule has 0 saturated carbocycles. The standard InChI is InChI=1S/C17H16N2O4S/c1-2-11-9-24-16-13(15(21)19(16)14(11)17(22)23)18-12(20)8-10-6-4-3-5-7-10/h2-7,13,16H,1,8-9H2,(H,18,20)(H,22,23)/p-1/t13-,16+/m1/s1. The number of carbonyl (C=O) groups excluding carboxylic acids is 3. The minimum absolute atomic E-state index is 0.146. The Kier molecular flexibility index (Phi) is 4.44. The number of benzene rings is 1. The molecule has 24 heavy (non-hydrogen) atoms. The van der Waals surface area contributed by atoms with Gasteiger partial charge >= 0.3 is 0 Å². The Morgan fingerprint density at radius 3 is 2.71 bits per heavy atom. The van der Waals surface area contributed by atoms with Crippen LogP contribution in [-0.2, 0) is 20.8 Å². The van der Waals surface area contributed by atoms with Gasteiger partial charge in [-0.3, -0.25) is 14.5 Å². The van der Waals surface area contributed by atoms with Crippen LogP contribution in [0.5, 0.6) is 0 Å². The molecule has 3 rings (SSSR count). The van der Waals surface area contributed by atoms with Gasteiger partial charge in [0, 0.05) is 5.75 Å². The van der Waals surface area contributed by atoms with Crippen molar-refractivity contribution in [2.45, 2.75) is 17.8 Å². The number of fused-ring (bicyclic) bond motifs is 1. The summed E-state index contributed by atoms with van der Waals surface area (Å²) in [7, 11) is 0. The number of thioether (sulfide) groups is 1. The van der Waals surface area contributed by atoms with Crippen molar-refractivity contribution >= 4 is 29.5 Å². The van der Waals surface area contributed by atoms with E-state index in [-0.39, 0.29) is 18.0 Å². The predicted molar refractivity (Wildman–Crippen MR) is 87.4 cm³/mol. The van der Waals surface area contributed by atoms with Crippen LogP contribution < -0.4 is 10.4 Å². The van der Waals surface area contributed by atoms with Crippen molar-refractivity contribution in [1.82, 2.24) is 10.2 Å². The summed E-state index contributed by atoms with van der Waals surface area (Å²) in [5, 5.41) is 13.6. The van der Waals surface area contributed by atoms with E-state index in [9.17, 15) is 19.5 Å². The van der Waals surface area contributed by atoms with Crippen molar-refractivity contribution in [2.24, 2.45) is 0 Å². The van der Waals surface area contributed by atoms with Crippen LogP contribution in [0.4, 0.5) is 0 Å². The molecule has 6 nitrogen and oxygen atoms in total. The van der Waals surface area contributed by atoms with Crippen molar-refractivity contribution in [1.29, 1.82) is 0 Å². The summed E-state index contributed by atoms with van der Waals surface area (Å²) in [4.78, 5) is 36.9. The third-order valence-electron chi connectivity index (χ3n) is 3.96. The van der Waals surface area contributed by atoms with Gasteiger partial charge < -0.3 is 15.2 Å². The van der Waals surface area contributed by atoms with Gasteiger partial charge in [-0.25, -0.2) is 0 Å². The van der Waals surface area contributed by atoms with E-state index in [1.165, 1.54) is 22.7 Å². The number of nitrogens with one attached hydrogen (secondary N) is 1. The number of aliphatic carboxylic acids is 1. The lowest BCUT2D eigenvalue weighted by molar-refractivity contribution is -0.301. The first kappa shape index (κ1) is 16.3. The van der Waals surface area contributed by atoms with Gasteiger partial charge in [-0.05, 0) is 11.1 Å².